The molecule has 1 heterocycles. The van der Waals surface area contributed by atoms with Crippen molar-refractivity contribution in [2.75, 3.05) is 20.3 Å². The van der Waals surface area contributed by atoms with Crippen LogP contribution in [-0.2, 0) is 4.74 Å². The second-order valence-corrected chi connectivity index (χ2v) is 5.65. The summed E-state index contributed by atoms with van der Waals surface area (Å²) in [7, 11) is 1.84. The molecule has 98 valence electrons. The van der Waals surface area contributed by atoms with Crippen LogP contribution in [0.15, 0.2) is 22.7 Å². The first-order valence-corrected chi connectivity index (χ1v) is 7.06. The number of ether oxygens (including phenoxy) is 1. The number of rotatable bonds is 2. The molecule has 0 unspecified atom stereocenters. The Labute approximate surface area is 120 Å². The van der Waals surface area contributed by atoms with Gasteiger partial charge in [0.2, 0.25) is 0 Å². The summed E-state index contributed by atoms with van der Waals surface area (Å²) >= 11 is 9.33. The van der Waals surface area contributed by atoms with Crippen LogP contribution in [0.4, 0.5) is 0 Å². The van der Waals surface area contributed by atoms with Gasteiger partial charge in [0.1, 0.15) is 0 Å². The summed E-state index contributed by atoms with van der Waals surface area (Å²) in [6, 6.07) is 5.54. The molecule has 0 saturated carbocycles. The molecule has 5 heteroatoms. The molecule has 1 fully saturated rings. The van der Waals surface area contributed by atoms with Gasteiger partial charge in [-0.3, -0.25) is 4.79 Å². The predicted molar refractivity (Wildman–Crippen MR) is 75.1 cm³/mol. The summed E-state index contributed by atoms with van der Waals surface area (Å²) in [6.45, 7) is 1.45. The number of benzene rings is 1. The van der Waals surface area contributed by atoms with Crippen molar-refractivity contribution in [1.29, 1.82) is 0 Å². The van der Waals surface area contributed by atoms with Gasteiger partial charge in [-0.1, -0.05) is 11.6 Å². The van der Waals surface area contributed by atoms with Gasteiger partial charge in [0.05, 0.1) is 5.02 Å². The van der Waals surface area contributed by atoms with Gasteiger partial charge < -0.3 is 9.64 Å². The van der Waals surface area contributed by atoms with Crippen molar-refractivity contribution in [2.45, 2.75) is 18.9 Å². The van der Waals surface area contributed by atoms with Gasteiger partial charge in [-0.25, -0.2) is 0 Å². The van der Waals surface area contributed by atoms with E-state index in [0.717, 1.165) is 30.5 Å². The quantitative estimate of drug-likeness (QED) is 0.831. The third kappa shape index (κ3) is 3.05. The largest absolute Gasteiger partial charge is 0.381 e. The summed E-state index contributed by atoms with van der Waals surface area (Å²) in [6.07, 6.45) is 1.79. The maximum atomic E-state index is 12.3. The van der Waals surface area contributed by atoms with Crippen LogP contribution in [0.5, 0.6) is 0 Å². The highest BCUT2D eigenvalue weighted by Gasteiger charge is 2.23. The zero-order chi connectivity index (χ0) is 13.1. The average molecular weight is 333 g/mol. The molecule has 1 amide bonds. The highest BCUT2D eigenvalue weighted by atomic mass is 79.9. The third-order valence-corrected chi connectivity index (χ3v) is 4.46. The van der Waals surface area contributed by atoms with E-state index >= 15 is 0 Å². The van der Waals surface area contributed by atoms with Crippen molar-refractivity contribution in [2.24, 2.45) is 0 Å². The van der Waals surface area contributed by atoms with Crippen molar-refractivity contribution in [1.82, 2.24) is 4.90 Å². The molecule has 0 atom stereocenters. The first kappa shape index (κ1) is 13.8. The second kappa shape index (κ2) is 6.04. The smallest absolute Gasteiger partial charge is 0.253 e. The first-order valence-electron chi connectivity index (χ1n) is 5.89. The monoisotopic (exact) mass is 331 g/mol. The molecule has 3 nitrogen and oxygen atoms in total. The van der Waals surface area contributed by atoms with Gasteiger partial charge in [0.15, 0.2) is 0 Å². The fourth-order valence-corrected chi connectivity index (χ4v) is 2.50. The number of nitrogens with zero attached hydrogens (tertiary/aromatic N) is 1. The van der Waals surface area contributed by atoms with Crippen LogP contribution in [0.25, 0.3) is 0 Å². The van der Waals surface area contributed by atoms with E-state index in [4.69, 9.17) is 16.3 Å². The molecule has 1 aromatic carbocycles. The number of carbonyl (C=O) groups is 1. The number of hydrogen-bond acceptors (Lipinski definition) is 2. The molecule has 0 bridgehead atoms. The van der Waals surface area contributed by atoms with Crippen molar-refractivity contribution in [3.8, 4) is 0 Å². The summed E-state index contributed by atoms with van der Waals surface area (Å²) in [4.78, 5) is 14.1. The lowest BCUT2D eigenvalue weighted by Gasteiger charge is -2.31. The molecule has 1 aromatic rings. The molecule has 1 aliphatic rings. The van der Waals surface area contributed by atoms with E-state index in [-0.39, 0.29) is 11.9 Å². The molecule has 0 N–H and O–H groups in total. The number of carbonyl (C=O) groups excluding carboxylic acids is 1. The lowest BCUT2D eigenvalue weighted by molar-refractivity contribution is 0.0362. The molecular weight excluding hydrogens is 318 g/mol. The zero-order valence-corrected chi connectivity index (χ0v) is 12.5. The maximum absolute atomic E-state index is 12.3. The zero-order valence-electron chi connectivity index (χ0n) is 10.2. The Morgan fingerprint density at radius 1 is 1.44 bits per heavy atom. The van der Waals surface area contributed by atoms with E-state index in [1.54, 1.807) is 23.1 Å². The number of amides is 1. The third-order valence-electron chi connectivity index (χ3n) is 3.23. The van der Waals surface area contributed by atoms with Gasteiger partial charge in [-0.2, -0.15) is 0 Å². The molecule has 0 aromatic heterocycles. The van der Waals surface area contributed by atoms with Crippen LogP contribution in [0.2, 0.25) is 5.02 Å². The highest BCUT2D eigenvalue weighted by Crippen LogP contribution is 2.24. The van der Waals surface area contributed by atoms with Crippen molar-refractivity contribution < 1.29 is 9.53 Å². The summed E-state index contributed by atoms with van der Waals surface area (Å²) in [5.41, 5.74) is 0.622. The van der Waals surface area contributed by atoms with Gasteiger partial charge in [-0.15, -0.1) is 0 Å². The Hall–Kier alpha value is -0.580. The molecule has 0 radical (unpaired) electrons. The Bertz CT molecular complexity index is 447. The molecule has 0 spiro atoms. The first-order chi connectivity index (χ1) is 8.59. The van der Waals surface area contributed by atoms with Crippen molar-refractivity contribution in [3.05, 3.63) is 33.3 Å². The van der Waals surface area contributed by atoms with Crippen LogP contribution in [0.1, 0.15) is 23.2 Å². The highest BCUT2D eigenvalue weighted by molar-refractivity contribution is 9.10. The Morgan fingerprint density at radius 3 is 2.72 bits per heavy atom. The lowest BCUT2D eigenvalue weighted by atomic mass is 10.1. The second-order valence-electron chi connectivity index (χ2n) is 4.39. The minimum atomic E-state index is 0.0105. The summed E-state index contributed by atoms with van der Waals surface area (Å²) in [5.74, 6) is 0.0105. The fourth-order valence-electron chi connectivity index (χ4n) is 2.07. The minimum absolute atomic E-state index is 0.0105. The van der Waals surface area contributed by atoms with Gasteiger partial charge in [-0.05, 0) is 47.0 Å². The molecule has 1 aliphatic heterocycles. The van der Waals surface area contributed by atoms with Crippen LogP contribution in [0.3, 0.4) is 0 Å². The number of hydrogen-bond donors (Lipinski definition) is 0. The Morgan fingerprint density at radius 2 is 2.11 bits per heavy atom. The van der Waals surface area contributed by atoms with Crippen LogP contribution >= 0.6 is 27.5 Å². The van der Waals surface area contributed by atoms with E-state index in [9.17, 15) is 4.79 Å². The van der Waals surface area contributed by atoms with Gasteiger partial charge in [0.25, 0.3) is 5.91 Å². The van der Waals surface area contributed by atoms with E-state index in [1.165, 1.54) is 0 Å². The average Bonchev–Trinajstić information content (AvgIpc) is 2.41. The topological polar surface area (TPSA) is 29.5 Å². The fraction of sp³-hybridized carbons (Fsp3) is 0.462. The molecule has 18 heavy (non-hydrogen) atoms. The number of halogens is 2. The Kier molecular flexibility index (Phi) is 4.65. The normalized spacial score (nSPS) is 16.6. The predicted octanol–water partition coefficient (Wildman–Crippen LogP) is 3.35. The molecule has 0 aliphatic carbocycles. The van der Waals surface area contributed by atoms with E-state index < -0.39 is 0 Å². The van der Waals surface area contributed by atoms with Gasteiger partial charge in [0, 0.05) is 36.3 Å². The van der Waals surface area contributed by atoms with Crippen molar-refractivity contribution in [3.63, 3.8) is 0 Å². The lowest BCUT2D eigenvalue weighted by Crippen LogP contribution is -2.40. The minimum Gasteiger partial charge on any atom is -0.381 e. The molecule has 2 rings (SSSR count). The van der Waals surface area contributed by atoms with Crippen molar-refractivity contribution >= 4 is 33.4 Å². The summed E-state index contributed by atoms with van der Waals surface area (Å²) in [5, 5.41) is 0.557. The molecule has 1 saturated heterocycles. The van der Waals surface area contributed by atoms with E-state index in [1.807, 2.05) is 7.05 Å². The van der Waals surface area contributed by atoms with E-state index in [0.29, 0.717) is 10.6 Å². The van der Waals surface area contributed by atoms with Crippen LogP contribution in [-0.4, -0.2) is 37.1 Å². The standard InChI is InChI=1S/C13H15BrClNO2/c1-16(10-4-6-18-7-5-10)13(17)9-2-3-11(14)12(15)8-9/h2-3,8,10H,4-7H2,1H3. The van der Waals surface area contributed by atoms with Gasteiger partial charge >= 0.3 is 0 Å². The molecular formula is C13H15BrClNO2. The maximum Gasteiger partial charge on any atom is 0.253 e. The summed E-state index contributed by atoms with van der Waals surface area (Å²) < 4.78 is 6.11. The van der Waals surface area contributed by atoms with E-state index in [2.05, 4.69) is 15.9 Å². The Balaban J connectivity index is 2.11. The van der Waals surface area contributed by atoms with Crippen LogP contribution in [0, 0.1) is 0 Å². The SMILES string of the molecule is CN(C(=O)c1ccc(Br)c(Cl)c1)C1CCOCC1. The van der Waals surface area contributed by atoms with Crippen LogP contribution < -0.4 is 0 Å².